The Morgan fingerprint density at radius 3 is 2.22 bits per heavy atom. The van der Waals surface area contributed by atoms with Crippen molar-refractivity contribution in [3.63, 3.8) is 0 Å². The van der Waals surface area contributed by atoms with Gasteiger partial charge in [0.2, 0.25) is 5.91 Å². The molecule has 7 nitrogen and oxygen atoms in total. The molecule has 0 radical (unpaired) electrons. The Kier molecular flexibility index (Phi) is 6.99. The van der Waals surface area contributed by atoms with Crippen LogP contribution in [-0.2, 0) is 21.0 Å². The van der Waals surface area contributed by atoms with E-state index in [1.807, 2.05) is 0 Å². The molecular weight excluding hydrogens is 525 g/mol. The number of aromatic nitrogens is 1. The zero-order chi connectivity index (χ0) is 26.2. The van der Waals surface area contributed by atoms with Crippen molar-refractivity contribution in [2.75, 3.05) is 29.3 Å². The summed E-state index contributed by atoms with van der Waals surface area (Å²) >= 11 is 1.18. The number of nitrogens with one attached hydrogen (secondary N) is 1. The van der Waals surface area contributed by atoms with E-state index in [-0.39, 0.29) is 27.9 Å². The lowest BCUT2D eigenvalue weighted by Gasteiger charge is -2.35. The molecule has 196 valence electrons. The second kappa shape index (κ2) is 10.1. The average molecular weight is 551 g/mol. The van der Waals surface area contributed by atoms with E-state index in [2.05, 4.69) is 14.6 Å². The van der Waals surface area contributed by atoms with Gasteiger partial charge in [-0.25, -0.2) is 13.4 Å². The fraction of sp³-hybridized carbons (Fsp3) is 0.360. The zero-order valence-electron chi connectivity index (χ0n) is 19.7. The van der Waals surface area contributed by atoms with Crippen LogP contribution in [0.15, 0.2) is 65.0 Å². The predicted molar refractivity (Wildman–Crippen MR) is 135 cm³/mol. The van der Waals surface area contributed by atoms with Crippen molar-refractivity contribution < 1.29 is 26.4 Å². The van der Waals surface area contributed by atoms with Gasteiger partial charge in [-0.15, -0.1) is 11.3 Å². The van der Waals surface area contributed by atoms with E-state index in [0.717, 1.165) is 30.5 Å². The summed E-state index contributed by atoms with van der Waals surface area (Å²) < 4.78 is 66.1. The first-order chi connectivity index (χ1) is 17.6. The number of hydrogen-bond acceptors (Lipinski definition) is 6. The number of piperidine rings is 1. The average Bonchev–Trinajstić information content (AvgIpc) is 3.53. The number of hydrogen-bond donors (Lipinski definition) is 1. The molecule has 0 spiro atoms. The van der Waals surface area contributed by atoms with E-state index in [4.69, 9.17) is 0 Å². The number of likely N-dealkylation sites (tertiary alicyclic amines) is 1. The van der Waals surface area contributed by atoms with E-state index < -0.39 is 21.8 Å². The number of nitrogens with zero attached hydrogens (tertiary/aromatic N) is 3. The molecule has 5 rings (SSSR count). The van der Waals surface area contributed by atoms with Crippen molar-refractivity contribution in [3.8, 4) is 0 Å². The quantitative estimate of drug-likeness (QED) is 0.470. The summed E-state index contributed by atoms with van der Waals surface area (Å²) in [6.45, 7) is 1.91. The maximum atomic E-state index is 13.2. The highest BCUT2D eigenvalue weighted by Gasteiger charge is 2.38. The lowest BCUT2D eigenvalue weighted by molar-refractivity contribution is -0.137. The Morgan fingerprint density at radius 1 is 0.946 bits per heavy atom. The van der Waals surface area contributed by atoms with Crippen LogP contribution in [0.4, 0.5) is 24.0 Å². The number of sulfonamides is 1. The first kappa shape index (κ1) is 25.7. The molecule has 0 unspecified atom stereocenters. The van der Waals surface area contributed by atoms with Gasteiger partial charge in [0.05, 0.1) is 16.5 Å². The van der Waals surface area contributed by atoms with Gasteiger partial charge < -0.3 is 4.90 Å². The molecule has 2 aliphatic heterocycles. The van der Waals surface area contributed by atoms with Crippen LogP contribution in [0.2, 0.25) is 0 Å². The van der Waals surface area contributed by atoms with Crippen LogP contribution in [0.1, 0.15) is 36.3 Å². The Bertz CT molecular complexity index is 1340. The van der Waals surface area contributed by atoms with Crippen molar-refractivity contribution in [1.82, 2.24) is 9.88 Å². The van der Waals surface area contributed by atoms with Gasteiger partial charge in [-0.2, -0.15) is 13.2 Å². The van der Waals surface area contributed by atoms with Crippen molar-refractivity contribution in [2.45, 2.75) is 42.3 Å². The lowest BCUT2D eigenvalue weighted by atomic mass is 9.88. The summed E-state index contributed by atoms with van der Waals surface area (Å²) in [5.41, 5.74) is 0.887. The largest absolute Gasteiger partial charge is 0.416 e. The zero-order valence-corrected chi connectivity index (χ0v) is 21.3. The Morgan fingerprint density at radius 2 is 1.62 bits per heavy atom. The number of halogens is 3. The number of alkyl halides is 3. The summed E-state index contributed by atoms with van der Waals surface area (Å²) in [5.74, 6) is 0.142. The first-order valence-electron chi connectivity index (χ1n) is 11.9. The first-order valence-corrected chi connectivity index (χ1v) is 14.2. The molecule has 1 aromatic heterocycles. The van der Waals surface area contributed by atoms with Gasteiger partial charge in [0.25, 0.3) is 10.0 Å². The van der Waals surface area contributed by atoms with Crippen molar-refractivity contribution >= 4 is 38.1 Å². The molecule has 2 saturated heterocycles. The monoisotopic (exact) mass is 550 g/mol. The summed E-state index contributed by atoms with van der Waals surface area (Å²) in [7, 11) is -3.77. The molecule has 0 aliphatic carbocycles. The number of benzene rings is 2. The molecule has 2 fully saturated rings. The normalized spacial score (nSPS) is 19.9. The van der Waals surface area contributed by atoms with Crippen LogP contribution < -0.4 is 9.62 Å². The number of anilines is 2. The molecule has 0 saturated carbocycles. The van der Waals surface area contributed by atoms with Gasteiger partial charge in [-0.05, 0) is 80.2 Å². The Balaban J connectivity index is 1.19. The number of carbonyl (C=O) groups excluding carboxylic acids is 1. The SMILES string of the molecule is O=C1[C@@H](N2CCC(c3ccc(C(F)(F)F)cc3)CC2)CCN1c1ccc(S(=O)(=O)Nc2nccs2)cc1. The maximum absolute atomic E-state index is 13.2. The Labute approximate surface area is 217 Å². The highest BCUT2D eigenvalue weighted by atomic mass is 32.2. The fourth-order valence-corrected chi connectivity index (χ4v) is 6.79. The minimum absolute atomic E-state index is 0.0236. The number of thiazole rings is 1. The molecule has 2 aliphatic rings. The number of carbonyl (C=O) groups is 1. The minimum atomic E-state index is -4.34. The van der Waals surface area contributed by atoms with E-state index in [1.54, 1.807) is 34.5 Å². The van der Waals surface area contributed by atoms with Crippen LogP contribution in [0.3, 0.4) is 0 Å². The standard InChI is InChI=1S/C25H25F3N4O3S2/c26-25(27,28)19-3-1-17(2-4-19)18-9-13-31(14-10-18)22-11-15-32(23(22)33)20-5-7-21(8-6-20)37(34,35)30-24-29-12-16-36-24/h1-8,12,16,18,22H,9-11,13-15H2,(H,29,30)/t22-/m0/s1. The molecule has 3 aromatic rings. The third-order valence-corrected chi connectivity index (χ3v) is 9.14. The summed E-state index contributed by atoms with van der Waals surface area (Å²) in [4.78, 5) is 21.1. The smallest absolute Gasteiger partial charge is 0.311 e. The van der Waals surface area contributed by atoms with E-state index in [0.29, 0.717) is 31.7 Å². The Hall–Kier alpha value is -2.96. The molecule has 12 heteroatoms. The summed E-state index contributed by atoms with van der Waals surface area (Å²) in [6.07, 6.45) is -0.626. The summed E-state index contributed by atoms with van der Waals surface area (Å²) in [5, 5.41) is 1.96. The highest BCUT2D eigenvalue weighted by Crippen LogP contribution is 2.35. The van der Waals surface area contributed by atoms with E-state index >= 15 is 0 Å². The van der Waals surface area contributed by atoms with Crippen molar-refractivity contribution in [2.24, 2.45) is 0 Å². The van der Waals surface area contributed by atoms with Gasteiger partial charge in [-0.3, -0.25) is 14.4 Å². The van der Waals surface area contributed by atoms with Crippen LogP contribution >= 0.6 is 11.3 Å². The van der Waals surface area contributed by atoms with Crippen LogP contribution in [-0.4, -0.2) is 49.9 Å². The maximum Gasteiger partial charge on any atom is 0.416 e. The fourth-order valence-electron chi connectivity index (χ4n) is 5.00. The minimum Gasteiger partial charge on any atom is -0.311 e. The topological polar surface area (TPSA) is 82.6 Å². The summed E-state index contributed by atoms with van der Waals surface area (Å²) in [6, 6.07) is 11.3. The van der Waals surface area contributed by atoms with Gasteiger partial charge in [0, 0.05) is 23.8 Å². The third-order valence-electron chi connectivity index (χ3n) is 6.97. The van der Waals surface area contributed by atoms with Crippen LogP contribution in [0, 0.1) is 0 Å². The third kappa shape index (κ3) is 5.51. The van der Waals surface area contributed by atoms with E-state index in [9.17, 15) is 26.4 Å². The molecule has 1 N–H and O–H groups in total. The predicted octanol–water partition coefficient (Wildman–Crippen LogP) is 4.95. The molecule has 1 amide bonds. The van der Waals surface area contributed by atoms with Gasteiger partial charge >= 0.3 is 6.18 Å². The lowest BCUT2D eigenvalue weighted by Crippen LogP contribution is -2.45. The molecule has 2 aromatic carbocycles. The highest BCUT2D eigenvalue weighted by molar-refractivity contribution is 7.93. The molecule has 37 heavy (non-hydrogen) atoms. The van der Waals surface area contributed by atoms with Gasteiger partial charge in [0.1, 0.15) is 0 Å². The molecular formula is C25H25F3N4O3S2. The molecule has 3 heterocycles. The number of rotatable bonds is 6. The van der Waals surface area contributed by atoms with E-state index in [1.165, 1.54) is 29.7 Å². The van der Waals surface area contributed by atoms with Gasteiger partial charge in [-0.1, -0.05) is 12.1 Å². The van der Waals surface area contributed by atoms with Crippen LogP contribution in [0.25, 0.3) is 0 Å². The van der Waals surface area contributed by atoms with Gasteiger partial charge in [0.15, 0.2) is 5.13 Å². The second-order valence-corrected chi connectivity index (χ2v) is 11.7. The molecule has 0 bridgehead atoms. The van der Waals surface area contributed by atoms with Crippen molar-refractivity contribution in [3.05, 3.63) is 71.2 Å². The molecule has 1 atom stereocenters. The number of amides is 1. The van der Waals surface area contributed by atoms with Crippen LogP contribution in [0.5, 0.6) is 0 Å². The second-order valence-electron chi connectivity index (χ2n) is 9.16. The van der Waals surface area contributed by atoms with Crippen molar-refractivity contribution in [1.29, 1.82) is 0 Å².